The number of rotatable bonds is 67. The average Bonchev–Trinajstić information content (AvgIpc) is 3.51. The smallest absolute Gasteiger partial charge is 0.462 e. The van der Waals surface area contributed by atoms with Crippen molar-refractivity contribution >= 4 is 39.5 Å². The van der Waals surface area contributed by atoms with Crippen molar-refractivity contribution in [3.8, 4) is 0 Å². The summed E-state index contributed by atoms with van der Waals surface area (Å²) in [4.78, 5) is 72.2. The minimum Gasteiger partial charge on any atom is -0.462 e. The Kier molecular flexibility index (Phi) is 59.0. The quantitative estimate of drug-likeness (QED) is 0.0222. The van der Waals surface area contributed by atoms with E-state index in [9.17, 15) is 43.2 Å². The summed E-state index contributed by atoms with van der Waals surface area (Å²) in [6.07, 6.45) is 44.6. The molecule has 3 unspecified atom stereocenters. The van der Waals surface area contributed by atoms with Crippen LogP contribution in [0, 0.1) is 11.8 Å². The normalized spacial score (nSPS) is 14.5. The highest BCUT2D eigenvalue weighted by Crippen LogP contribution is 2.45. The van der Waals surface area contributed by atoms with Gasteiger partial charge in [-0.3, -0.25) is 37.3 Å². The van der Waals surface area contributed by atoms with Gasteiger partial charge < -0.3 is 33.8 Å². The fourth-order valence-corrected chi connectivity index (χ4v) is 11.8. The van der Waals surface area contributed by atoms with Gasteiger partial charge in [-0.1, -0.05) is 292 Å². The van der Waals surface area contributed by atoms with Gasteiger partial charge >= 0.3 is 39.5 Å². The minimum atomic E-state index is -4.95. The highest BCUT2D eigenvalue weighted by atomic mass is 31.2. The summed E-state index contributed by atoms with van der Waals surface area (Å²) in [5.41, 5.74) is 0. The molecular weight excluding hydrogens is 1150 g/mol. The predicted octanol–water partition coefficient (Wildman–Crippen LogP) is 19.2. The van der Waals surface area contributed by atoms with Crippen molar-refractivity contribution in [2.24, 2.45) is 11.8 Å². The van der Waals surface area contributed by atoms with Gasteiger partial charge in [-0.2, -0.15) is 0 Å². The molecule has 0 aromatic carbocycles. The number of phosphoric acid groups is 2. The number of unbranched alkanes of at least 4 members (excludes halogenated alkanes) is 36. The molecule has 0 spiro atoms. The Morgan fingerprint density at radius 2 is 0.586 bits per heavy atom. The summed E-state index contributed by atoms with van der Waals surface area (Å²) in [6.45, 7) is 9.52. The van der Waals surface area contributed by atoms with Gasteiger partial charge in [0.25, 0.3) is 0 Å². The molecular formula is C68H132O17P2. The van der Waals surface area contributed by atoms with Crippen LogP contribution in [0.2, 0.25) is 0 Å². The monoisotopic (exact) mass is 1280 g/mol. The van der Waals surface area contributed by atoms with Crippen molar-refractivity contribution in [1.29, 1.82) is 0 Å². The highest BCUT2D eigenvalue weighted by Gasteiger charge is 2.30. The van der Waals surface area contributed by atoms with E-state index in [1.807, 2.05) is 0 Å². The van der Waals surface area contributed by atoms with Crippen LogP contribution in [0.5, 0.6) is 0 Å². The van der Waals surface area contributed by atoms with Crippen molar-refractivity contribution in [2.75, 3.05) is 39.6 Å². The minimum absolute atomic E-state index is 0.104. The van der Waals surface area contributed by atoms with E-state index in [1.54, 1.807) is 0 Å². The van der Waals surface area contributed by atoms with Crippen molar-refractivity contribution in [2.45, 2.75) is 362 Å². The van der Waals surface area contributed by atoms with Crippen LogP contribution in [0.1, 0.15) is 343 Å². The third-order valence-electron chi connectivity index (χ3n) is 16.1. The molecule has 0 radical (unpaired) electrons. The van der Waals surface area contributed by atoms with E-state index in [2.05, 4.69) is 41.5 Å². The van der Waals surface area contributed by atoms with Gasteiger partial charge in [-0.15, -0.1) is 0 Å². The lowest BCUT2D eigenvalue weighted by Gasteiger charge is -2.21. The first-order valence-corrected chi connectivity index (χ1v) is 38.5. The summed E-state index contributed by atoms with van der Waals surface area (Å²) < 4.78 is 68.0. The fourth-order valence-electron chi connectivity index (χ4n) is 10.2. The molecule has 0 amide bonds. The number of hydrogen-bond donors (Lipinski definition) is 3. The number of aliphatic hydroxyl groups is 1. The lowest BCUT2D eigenvalue weighted by atomic mass is 9.99. The number of aliphatic hydroxyl groups excluding tert-OH is 1. The molecule has 0 aromatic heterocycles. The number of phosphoric ester groups is 2. The molecule has 516 valence electrons. The zero-order valence-corrected chi connectivity index (χ0v) is 58.1. The molecule has 17 nitrogen and oxygen atoms in total. The summed E-state index contributed by atoms with van der Waals surface area (Å²) in [5.74, 6) is -0.517. The fraction of sp³-hybridized carbons (Fsp3) is 0.941. The maximum absolute atomic E-state index is 13.0. The molecule has 6 atom stereocenters. The summed E-state index contributed by atoms with van der Waals surface area (Å²) in [5, 5.41) is 10.5. The largest absolute Gasteiger partial charge is 0.472 e. The van der Waals surface area contributed by atoms with E-state index in [1.165, 1.54) is 141 Å². The molecule has 0 fully saturated rings. The Bertz CT molecular complexity index is 1700. The zero-order valence-electron chi connectivity index (χ0n) is 56.3. The number of esters is 4. The average molecular weight is 1280 g/mol. The van der Waals surface area contributed by atoms with Crippen LogP contribution in [0.25, 0.3) is 0 Å². The van der Waals surface area contributed by atoms with Crippen molar-refractivity contribution in [1.82, 2.24) is 0 Å². The molecule has 0 bridgehead atoms. The molecule has 0 saturated carbocycles. The SMILES string of the molecule is CCCCCCCCCCC(=O)O[C@H](COC(=O)CCCCCCCCC)COP(=O)(O)OC[C@H](O)COP(=O)(O)OC[C@@H](COC(=O)CCCCCCCCCCCCCC(C)C)OC(=O)CCCCCCCCCCCCCCCCC(C)CC. The van der Waals surface area contributed by atoms with E-state index >= 15 is 0 Å². The second-order valence-electron chi connectivity index (χ2n) is 25.3. The Morgan fingerprint density at radius 3 is 0.874 bits per heavy atom. The van der Waals surface area contributed by atoms with Crippen LogP contribution in [0.4, 0.5) is 0 Å². The number of ether oxygens (including phenoxy) is 4. The summed E-state index contributed by atoms with van der Waals surface area (Å²) >= 11 is 0. The van der Waals surface area contributed by atoms with E-state index in [4.69, 9.17) is 37.0 Å². The van der Waals surface area contributed by atoms with Gasteiger partial charge in [0.1, 0.15) is 19.3 Å². The van der Waals surface area contributed by atoms with Gasteiger partial charge in [0.2, 0.25) is 0 Å². The first-order chi connectivity index (χ1) is 41.9. The van der Waals surface area contributed by atoms with E-state index < -0.39 is 97.5 Å². The van der Waals surface area contributed by atoms with Crippen LogP contribution < -0.4 is 0 Å². The number of hydrogen-bond acceptors (Lipinski definition) is 15. The van der Waals surface area contributed by atoms with Gasteiger partial charge in [-0.25, -0.2) is 9.13 Å². The lowest BCUT2D eigenvalue weighted by molar-refractivity contribution is -0.161. The Labute approximate surface area is 530 Å². The van der Waals surface area contributed by atoms with Crippen molar-refractivity contribution in [3.05, 3.63) is 0 Å². The third kappa shape index (κ3) is 61.3. The predicted molar refractivity (Wildman–Crippen MR) is 349 cm³/mol. The summed E-state index contributed by atoms with van der Waals surface area (Å²) in [7, 11) is -9.89. The van der Waals surface area contributed by atoms with Crippen LogP contribution in [0.3, 0.4) is 0 Å². The van der Waals surface area contributed by atoms with Gasteiger partial charge in [0, 0.05) is 25.7 Å². The highest BCUT2D eigenvalue weighted by molar-refractivity contribution is 7.47. The van der Waals surface area contributed by atoms with Crippen LogP contribution in [-0.4, -0.2) is 96.7 Å². The van der Waals surface area contributed by atoms with Crippen molar-refractivity contribution < 1.29 is 80.2 Å². The molecule has 0 rings (SSSR count). The molecule has 0 aliphatic carbocycles. The van der Waals surface area contributed by atoms with Crippen molar-refractivity contribution in [3.63, 3.8) is 0 Å². The maximum Gasteiger partial charge on any atom is 0.472 e. The van der Waals surface area contributed by atoms with Gasteiger partial charge in [0.05, 0.1) is 26.4 Å². The van der Waals surface area contributed by atoms with Gasteiger partial charge in [0.15, 0.2) is 12.2 Å². The first kappa shape index (κ1) is 85.1. The molecule has 0 heterocycles. The van der Waals surface area contributed by atoms with Crippen LogP contribution in [-0.2, 0) is 65.4 Å². The lowest BCUT2D eigenvalue weighted by Crippen LogP contribution is -2.30. The summed E-state index contributed by atoms with van der Waals surface area (Å²) in [6, 6.07) is 0. The third-order valence-corrected chi connectivity index (χ3v) is 18.0. The van der Waals surface area contributed by atoms with Gasteiger partial charge in [-0.05, 0) is 37.5 Å². The second-order valence-corrected chi connectivity index (χ2v) is 28.2. The van der Waals surface area contributed by atoms with E-state index in [0.29, 0.717) is 25.7 Å². The maximum atomic E-state index is 13.0. The molecule has 0 saturated heterocycles. The molecule has 0 aliphatic rings. The number of carbonyl (C=O) groups is 4. The molecule has 19 heteroatoms. The van der Waals surface area contributed by atoms with Crippen LogP contribution in [0.15, 0.2) is 0 Å². The topological polar surface area (TPSA) is 237 Å². The van der Waals surface area contributed by atoms with Crippen LogP contribution >= 0.6 is 15.6 Å². The second kappa shape index (κ2) is 60.3. The number of carbonyl (C=O) groups excluding carboxylic acids is 4. The molecule has 3 N–H and O–H groups in total. The Hall–Kier alpha value is -1.94. The van der Waals surface area contributed by atoms with E-state index in [0.717, 1.165) is 121 Å². The molecule has 0 aliphatic heterocycles. The standard InChI is InChI=1S/C68H132O17P2/c1-7-10-12-14-16-33-40-46-52-67(72)84-63(56-78-65(70)50-44-38-30-15-13-11-8-2)58-82-86(74,75)80-54-62(69)55-81-87(76,77)83-59-64(57-79-66(71)51-45-39-34-28-25-21-22-26-31-36-42-48-60(4)5)85-68(73)53-47-41-35-29-24-20-18-17-19-23-27-32-37-43-49-61(6)9-3/h60-64,69H,7-59H2,1-6H3,(H,74,75)(H,76,77)/t61?,62-,63+,64+/m0/s1. The Balaban J connectivity index is 5.17. The molecule has 0 aromatic rings. The Morgan fingerprint density at radius 1 is 0.333 bits per heavy atom. The zero-order chi connectivity index (χ0) is 64.3. The molecule has 87 heavy (non-hydrogen) atoms. The van der Waals surface area contributed by atoms with E-state index in [-0.39, 0.29) is 25.7 Å². The first-order valence-electron chi connectivity index (χ1n) is 35.5.